The minimum absolute atomic E-state index is 1.23. The topological polar surface area (TPSA) is 0 Å². The lowest BCUT2D eigenvalue weighted by Gasteiger charge is -2.18. The van der Waals surface area contributed by atoms with E-state index in [2.05, 4.69) is 170 Å². The zero-order chi connectivity index (χ0) is 27.9. The second kappa shape index (κ2) is 10.2. The Kier molecular flexibility index (Phi) is 5.90. The summed E-state index contributed by atoms with van der Waals surface area (Å²) in [4.78, 5) is 0. The Morgan fingerprint density at radius 2 is 0.571 bits per heavy atom. The van der Waals surface area contributed by atoms with Gasteiger partial charge in [-0.1, -0.05) is 152 Å². The van der Waals surface area contributed by atoms with Gasteiger partial charge in [0, 0.05) is 0 Å². The molecule has 0 saturated carbocycles. The Bertz CT molecular complexity index is 2170. The average Bonchev–Trinajstić information content (AvgIpc) is 3.07. The van der Waals surface area contributed by atoms with Crippen molar-refractivity contribution in [3.63, 3.8) is 0 Å². The van der Waals surface area contributed by atoms with Crippen molar-refractivity contribution in [2.45, 2.75) is 0 Å². The summed E-state index contributed by atoms with van der Waals surface area (Å²) in [6.07, 6.45) is 0. The van der Waals surface area contributed by atoms with Crippen molar-refractivity contribution < 1.29 is 0 Å². The monoisotopic (exact) mass is 532 g/mol. The summed E-state index contributed by atoms with van der Waals surface area (Å²) < 4.78 is 0. The first-order valence-electron chi connectivity index (χ1n) is 14.5. The minimum atomic E-state index is 1.23. The maximum atomic E-state index is 2.36. The molecule has 0 atom stereocenters. The molecule has 196 valence electrons. The van der Waals surface area contributed by atoms with Crippen LogP contribution < -0.4 is 0 Å². The zero-order valence-electron chi connectivity index (χ0n) is 23.2. The predicted molar refractivity (Wildman–Crippen MR) is 181 cm³/mol. The molecule has 0 bridgehead atoms. The normalized spacial score (nSPS) is 11.3. The number of benzene rings is 8. The number of hydrogen-bond donors (Lipinski definition) is 0. The molecule has 8 aromatic rings. The van der Waals surface area contributed by atoms with Gasteiger partial charge in [0.25, 0.3) is 0 Å². The fourth-order valence-corrected chi connectivity index (χ4v) is 6.45. The molecule has 8 rings (SSSR count). The van der Waals surface area contributed by atoms with Gasteiger partial charge in [-0.3, -0.25) is 0 Å². The van der Waals surface area contributed by atoms with Crippen molar-refractivity contribution in [1.82, 2.24) is 0 Å². The molecular formula is C42H28. The molecule has 42 heavy (non-hydrogen) atoms. The summed E-state index contributed by atoms with van der Waals surface area (Å²) in [6.45, 7) is 0. The van der Waals surface area contributed by atoms with E-state index in [0.717, 1.165) is 0 Å². The highest BCUT2D eigenvalue weighted by molar-refractivity contribution is 6.21. The van der Waals surface area contributed by atoms with Gasteiger partial charge in [-0.15, -0.1) is 0 Å². The highest BCUT2D eigenvalue weighted by Crippen LogP contribution is 2.44. The fraction of sp³-hybridized carbons (Fsp3) is 0. The Morgan fingerprint density at radius 1 is 0.214 bits per heavy atom. The van der Waals surface area contributed by atoms with E-state index in [1.807, 2.05) is 0 Å². The van der Waals surface area contributed by atoms with E-state index in [1.165, 1.54) is 76.8 Å². The molecule has 0 amide bonds. The second-order valence-corrected chi connectivity index (χ2v) is 10.9. The van der Waals surface area contributed by atoms with Crippen molar-refractivity contribution in [3.05, 3.63) is 170 Å². The van der Waals surface area contributed by atoms with Crippen LogP contribution in [0.2, 0.25) is 0 Å². The quantitative estimate of drug-likeness (QED) is 0.198. The van der Waals surface area contributed by atoms with Gasteiger partial charge in [-0.2, -0.15) is 0 Å². The third-order valence-corrected chi connectivity index (χ3v) is 8.43. The Balaban J connectivity index is 1.35. The van der Waals surface area contributed by atoms with Crippen LogP contribution in [0.5, 0.6) is 0 Å². The van der Waals surface area contributed by atoms with Gasteiger partial charge >= 0.3 is 0 Å². The molecule has 0 N–H and O–H groups in total. The van der Waals surface area contributed by atoms with Crippen molar-refractivity contribution in [1.29, 1.82) is 0 Å². The van der Waals surface area contributed by atoms with Crippen LogP contribution in [-0.4, -0.2) is 0 Å². The number of fused-ring (bicyclic) bond motifs is 3. The molecule has 0 aromatic heterocycles. The lowest BCUT2D eigenvalue weighted by Crippen LogP contribution is -1.91. The van der Waals surface area contributed by atoms with E-state index >= 15 is 0 Å². The van der Waals surface area contributed by atoms with Gasteiger partial charge in [0.1, 0.15) is 0 Å². The van der Waals surface area contributed by atoms with Gasteiger partial charge < -0.3 is 0 Å². The van der Waals surface area contributed by atoms with Crippen molar-refractivity contribution in [3.8, 4) is 44.5 Å². The summed E-state index contributed by atoms with van der Waals surface area (Å²) in [5.74, 6) is 0. The summed E-state index contributed by atoms with van der Waals surface area (Å²) in [7, 11) is 0. The largest absolute Gasteiger partial charge is 0.0622 e. The molecule has 8 aromatic carbocycles. The first-order chi connectivity index (χ1) is 20.8. The fourth-order valence-electron chi connectivity index (χ4n) is 6.45. The summed E-state index contributed by atoms with van der Waals surface area (Å²) in [6, 6.07) is 61.7. The molecule has 0 fully saturated rings. The van der Waals surface area contributed by atoms with Crippen LogP contribution in [0, 0.1) is 0 Å². The highest BCUT2D eigenvalue weighted by Gasteiger charge is 2.17. The van der Waals surface area contributed by atoms with Gasteiger partial charge in [0.15, 0.2) is 0 Å². The predicted octanol–water partition coefficient (Wildman–Crippen LogP) is 11.8. The van der Waals surface area contributed by atoms with E-state index in [9.17, 15) is 0 Å². The van der Waals surface area contributed by atoms with Crippen molar-refractivity contribution >= 4 is 32.3 Å². The van der Waals surface area contributed by atoms with Crippen LogP contribution in [0.3, 0.4) is 0 Å². The van der Waals surface area contributed by atoms with Crippen molar-refractivity contribution in [2.24, 2.45) is 0 Å². The third-order valence-electron chi connectivity index (χ3n) is 8.43. The lowest BCUT2D eigenvalue weighted by molar-refractivity contribution is 1.61. The summed E-state index contributed by atoms with van der Waals surface area (Å²) in [5, 5.41) is 7.60. The van der Waals surface area contributed by atoms with Crippen molar-refractivity contribution in [2.75, 3.05) is 0 Å². The molecule has 0 saturated heterocycles. The Labute approximate surface area is 246 Å². The molecular weight excluding hydrogens is 504 g/mol. The van der Waals surface area contributed by atoms with Gasteiger partial charge in [0.05, 0.1) is 0 Å². The molecule has 0 spiro atoms. The SMILES string of the molecule is c1ccc(-c2cccc(-c3c4ccccc4c(-c4ccc5cc(-c6ccccc6)ccc5c4)c4ccccc34)c2)cc1. The standard InChI is InChI=1S/C42H28/c1-3-12-29(13-4-1)31-16-11-17-35(27-31)41-37-18-7-9-20-39(37)42(40-21-10-8-19-38(40)41)36-25-24-33-26-32(22-23-34(33)28-36)30-14-5-2-6-15-30/h1-28H. The first-order valence-corrected chi connectivity index (χ1v) is 14.5. The van der Waals surface area contributed by atoms with E-state index in [0.29, 0.717) is 0 Å². The maximum absolute atomic E-state index is 2.36. The summed E-state index contributed by atoms with van der Waals surface area (Å²) in [5.41, 5.74) is 10.0. The van der Waals surface area contributed by atoms with Crippen LogP contribution in [0.1, 0.15) is 0 Å². The highest BCUT2D eigenvalue weighted by atomic mass is 14.2. The third kappa shape index (κ3) is 4.17. The molecule has 0 unspecified atom stereocenters. The maximum Gasteiger partial charge on any atom is -0.00262 e. The molecule has 0 heteroatoms. The molecule has 0 aliphatic rings. The van der Waals surface area contributed by atoms with E-state index in [1.54, 1.807) is 0 Å². The molecule has 0 aliphatic heterocycles. The number of hydrogen-bond acceptors (Lipinski definition) is 0. The van der Waals surface area contributed by atoms with Crippen LogP contribution >= 0.6 is 0 Å². The van der Waals surface area contributed by atoms with Crippen LogP contribution in [0.4, 0.5) is 0 Å². The Morgan fingerprint density at radius 3 is 1.10 bits per heavy atom. The molecule has 0 radical (unpaired) electrons. The van der Waals surface area contributed by atoms with Crippen LogP contribution in [0.15, 0.2) is 170 Å². The summed E-state index contributed by atoms with van der Waals surface area (Å²) >= 11 is 0. The minimum Gasteiger partial charge on any atom is -0.0622 e. The van der Waals surface area contributed by atoms with Crippen LogP contribution in [0.25, 0.3) is 76.8 Å². The molecule has 0 aliphatic carbocycles. The van der Waals surface area contributed by atoms with Crippen LogP contribution in [-0.2, 0) is 0 Å². The molecule has 0 nitrogen and oxygen atoms in total. The Hall–Kier alpha value is -5.46. The van der Waals surface area contributed by atoms with E-state index < -0.39 is 0 Å². The van der Waals surface area contributed by atoms with E-state index in [4.69, 9.17) is 0 Å². The van der Waals surface area contributed by atoms with Gasteiger partial charge in [0.2, 0.25) is 0 Å². The van der Waals surface area contributed by atoms with Gasteiger partial charge in [-0.25, -0.2) is 0 Å². The number of rotatable bonds is 4. The smallest absolute Gasteiger partial charge is 0.00262 e. The van der Waals surface area contributed by atoms with E-state index in [-0.39, 0.29) is 0 Å². The van der Waals surface area contributed by atoms with Gasteiger partial charge in [-0.05, 0) is 95.0 Å². The lowest BCUT2D eigenvalue weighted by atomic mass is 9.85. The second-order valence-electron chi connectivity index (χ2n) is 10.9. The molecule has 0 heterocycles. The average molecular weight is 533 g/mol. The zero-order valence-corrected chi connectivity index (χ0v) is 23.2. The first kappa shape index (κ1) is 24.3.